The second-order valence-electron chi connectivity index (χ2n) is 5.26. The zero-order valence-electron chi connectivity index (χ0n) is 12.1. The summed E-state index contributed by atoms with van der Waals surface area (Å²) in [4.78, 5) is 0. The third kappa shape index (κ3) is 3.53. The number of aryl methyl sites for hydroxylation is 2. The number of benzene rings is 2. The lowest BCUT2D eigenvalue weighted by Crippen LogP contribution is -2.18. The van der Waals surface area contributed by atoms with E-state index in [0.29, 0.717) is 0 Å². The largest absolute Gasteiger partial charge is 0.457 e. The van der Waals surface area contributed by atoms with Crippen LogP contribution in [0.1, 0.15) is 23.6 Å². The fourth-order valence-electron chi connectivity index (χ4n) is 2.29. The Bertz CT molecular complexity index is 585. The smallest absolute Gasteiger partial charge is 0.133 e. The van der Waals surface area contributed by atoms with Crippen molar-refractivity contribution in [2.24, 2.45) is 5.73 Å². The molecule has 3 heteroatoms. The van der Waals surface area contributed by atoms with E-state index in [1.54, 1.807) is 0 Å². The van der Waals surface area contributed by atoms with Gasteiger partial charge in [-0.1, -0.05) is 29.8 Å². The summed E-state index contributed by atoms with van der Waals surface area (Å²) in [6.07, 6.45) is 0.794. The van der Waals surface area contributed by atoms with Gasteiger partial charge in [-0.3, -0.25) is 0 Å². The molecule has 2 rings (SSSR count). The van der Waals surface area contributed by atoms with Gasteiger partial charge in [-0.25, -0.2) is 0 Å². The number of hydrogen-bond donors (Lipinski definition) is 1. The average molecular weight is 290 g/mol. The molecule has 0 amide bonds. The minimum absolute atomic E-state index is 0.104. The lowest BCUT2D eigenvalue weighted by atomic mass is 10.1. The molecular formula is C17H20ClNO. The maximum absolute atomic E-state index is 6.11. The molecule has 2 aromatic rings. The molecule has 1 atom stereocenters. The van der Waals surface area contributed by atoms with E-state index in [2.05, 4.69) is 6.07 Å². The summed E-state index contributed by atoms with van der Waals surface area (Å²) >= 11 is 6.05. The third-order valence-corrected chi connectivity index (χ3v) is 3.37. The van der Waals surface area contributed by atoms with Crippen LogP contribution in [0.15, 0.2) is 36.4 Å². The van der Waals surface area contributed by atoms with Crippen molar-refractivity contribution in [1.82, 2.24) is 0 Å². The maximum atomic E-state index is 6.11. The summed E-state index contributed by atoms with van der Waals surface area (Å²) < 4.78 is 6.11. The monoisotopic (exact) mass is 289 g/mol. The van der Waals surface area contributed by atoms with Crippen molar-refractivity contribution in [2.45, 2.75) is 33.2 Å². The van der Waals surface area contributed by atoms with Crippen LogP contribution in [0.4, 0.5) is 0 Å². The zero-order chi connectivity index (χ0) is 14.7. The van der Waals surface area contributed by atoms with Crippen LogP contribution in [-0.4, -0.2) is 6.04 Å². The first-order chi connectivity index (χ1) is 9.47. The lowest BCUT2D eigenvalue weighted by molar-refractivity contribution is 0.467. The van der Waals surface area contributed by atoms with Crippen molar-refractivity contribution < 1.29 is 4.74 Å². The number of halogens is 1. The maximum Gasteiger partial charge on any atom is 0.133 e. The second kappa shape index (κ2) is 6.29. The molecule has 0 bridgehead atoms. The second-order valence-corrected chi connectivity index (χ2v) is 5.70. The molecule has 0 spiro atoms. The van der Waals surface area contributed by atoms with Crippen LogP contribution in [0, 0.1) is 13.8 Å². The van der Waals surface area contributed by atoms with E-state index in [-0.39, 0.29) is 6.04 Å². The fraction of sp³-hybridized carbons (Fsp3) is 0.294. The quantitative estimate of drug-likeness (QED) is 0.890. The van der Waals surface area contributed by atoms with E-state index >= 15 is 0 Å². The molecule has 20 heavy (non-hydrogen) atoms. The van der Waals surface area contributed by atoms with Gasteiger partial charge in [-0.2, -0.15) is 0 Å². The Labute approximate surface area is 125 Å². The molecule has 0 aromatic heterocycles. The van der Waals surface area contributed by atoms with Crippen molar-refractivity contribution in [3.8, 4) is 11.5 Å². The molecule has 0 heterocycles. The molecule has 0 radical (unpaired) electrons. The van der Waals surface area contributed by atoms with Gasteiger partial charge in [0.15, 0.2) is 0 Å². The predicted octanol–water partition coefficient (Wildman–Crippen LogP) is 4.64. The van der Waals surface area contributed by atoms with Gasteiger partial charge >= 0.3 is 0 Å². The third-order valence-electron chi connectivity index (χ3n) is 3.15. The van der Waals surface area contributed by atoms with Gasteiger partial charge in [-0.05, 0) is 62.1 Å². The fourth-order valence-corrected chi connectivity index (χ4v) is 2.61. The average Bonchev–Trinajstić information content (AvgIpc) is 2.34. The highest BCUT2D eigenvalue weighted by atomic mass is 35.5. The zero-order valence-corrected chi connectivity index (χ0v) is 12.9. The van der Waals surface area contributed by atoms with Gasteiger partial charge < -0.3 is 10.5 Å². The lowest BCUT2D eigenvalue weighted by Gasteiger charge is -2.16. The molecule has 0 aliphatic heterocycles. The molecule has 0 aliphatic rings. The summed E-state index contributed by atoms with van der Waals surface area (Å²) in [7, 11) is 0. The molecule has 0 fully saturated rings. The summed E-state index contributed by atoms with van der Waals surface area (Å²) in [5, 5.41) is 0.733. The van der Waals surface area contributed by atoms with Crippen LogP contribution in [0.2, 0.25) is 5.02 Å². The van der Waals surface area contributed by atoms with Crippen molar-refractivity contribution in [1.29, 1.82) is 0 Å². The Morgan fingerprint density at radius 3 is 2.35 bits per heavy atom. The van der Waals surface area contributed by atoms with Crippen LogP contribution in [0.5, 0.6) is 11.5 Å². The van der Waals surface area contributed by atoms with Gasteiger partial charge in [-0.15, -0.1) is 0 Å². The first-order valence-corrected chi connectivity index (χ1v) is 7.13. The highest BCUT2D eigenvalue weighted by molar-refractivity contribution is 6.30. The minimum atomic E-state index is 0.104. The van der Waals surface area contributed by atoms with Gasteiger partial charge in [0.2, 0.25) is 0 Å². The summed E-state index contributed by atoms with van der Waals surface area (Å²) in [6, 6.07) is 11.9. The number of ether oxygens (including phenoxy) is 1. The van der Waals surface area contributed by atoms with E-state index < -0.39 is 0 Å². The Hall–Kier alpha value is -1.51. The van der Waals surface area contributed by atoms with Crippen molar-refractivity contribution in [2.75, 3.05) is 0 Å². The molecule has 2 aromatic carbocycles. The highest BCUT2D eigenvalue weighted by Crippen LogP contribution is 2.33. The molecule has 0 aliphatic carbocycles. The summed E-state index contributed by atoms with van der Waals surface area (Å²) in [6.45, 7) is 6.00. The van der Waals surface area contributed by atoms with Crippen LogP contribution in [-0.2, 0) is 6.42 Å². The van der Waals surface area contributed by atoms with E-state index in [1.807, 2.05) is 51.1 Å². The van der Waals surface area contributed by atoms with Crippen LogP contribution >= 0.6 is 11.6 Å². The van der Waals surface area contributed by atoms with E-state index in [1.165, 1.54) is 0 Å². The van der Waals surface area contributed by atoms with Crippen molar-refractivity contribution in [3.05, 3.63) is 58.1 Å². The Balaban J connectivity index is 2.35. The minimum Gasteiger partial charge on any atom is -0.457 e. The molecule has 0 saturated carbocycles. The number of hydrogen-bond acceptors (Lipinski definition) is 2. The molecule has 106 valence electrons. The summed E-state index contributed by atoms with van der Waals surface area (Å²) in [5.74, 6) is 1.73. The molecular weight excluding hydrogens is 270 g/mol. The molecule has 2 nitrogen and oxygen atoms in total. The Morgan fingerprint density at radius 1 is 1.15 bits per heavy atom. The van der Waals surface area contributed by atoms with Crippen LogP contribution in [0.3, 0.4) is 0 Å². The normalized spacial score (nSPS) is 12.2. The Morgan fingerprint density at radius 2 is 1.75 bits per heavy atom. The first kappa shape index (κ1) is 14.9. The van der Waals surface area contributed by atoms with E-state index in [0.717, 1.165) is 39.6 Å². The van der Waals surface area contributed by atoms with Gasteiger partial charge in [0, 0.05) is 11.1 Å². The van der Waals surface area contributed by atoms with E-state index in [4.69, 9.17) is 22.1 Å². The van der Waals surface area contributed by atoms with Crippen molar-refractivity contribution in [3.63, 3.8) is 0 Å². The Kier molecular flexibility index (Phi) is 4.69. The van der Waals surface area contributed by atoms with Crippen LogP contribution < -0.4 is 10.5 Å². The molecule has 1 unspecified atom stereocenters. The van der Waals surface area contributed by atoms with Crippen LogP contribution in [0.25, 0.3) is 0 Å². The van der Waals surface area contributed by atoms with Gasteiger partial charge in [0.1, 0.15) is 11.5 Å². The van der Waals surface area contributed by atoms with Crippen molar-refractivity contribution >= 4 is 11.6 Å². The first-order valence-electron chi connectivity index (χ1n) is 6.75. The van der Waals surface area contributed by atoms with Gasteiger partial charge in [0.05, 0.1) is 0 Å². The number of rotatable bonds is 4. The van der Waals surface area contributed by atoms with Gasteiger partial charge in [0.25, 0.3) is 0 Å². The summed E-state index contributed by atoms with van der Waals surface area (Å²) in [5.41, 5.74) is 9.08. The SMILES string of the molecule is Cc1cc(Cl)cc(C)c1Oc1ccccc1CC(C)N. The molecule has 2 N–H and O–H groups in total. The predicted molar refractivity (Wildman–Crippen MR) is 84.8 cm³/mol. The molecule has 0 saturated heterocycles. The topological polar surface area (TPSA) is 35.2 Å². The highest BCUT2D eigenvalue weighted by Gasteiger charge is 2.11. The number of nitrogens with two attached hydrogens (primary N) is 1. The van der Waals surface area contributed by atoms with E-state index in [9.17, 15) is 0 Å². The number of para-hydroxylation sites is 1. The standard InChI is InChI=1S/C17H20ClNO/c1-11-8-15(18)9-12(2)17(11)20-16-7-5-4-6-14(16)10-13(3)19/h4-9,13H,10,19H2,1-3H3.